The number of benzene rings is 2. The lowest BCUT2D eigenvalue weighted by molar-refractivity contribution is 1.08. The average molecular weight is 333 g/mol. The third-order valence-corrected chi connectivity index (χ3v) is 2.92. The lowest BCUT2D eigenvalue weighted by atomic mass is 10.2. The van der Waals surface area contributed by atoms with Gasteiger partial charge >= 0.3 is 0 Å². The Morgan fingerprint density at radius 2 is 1.24 bits per heavy atom. The number of aliphatic imine (C=N–C) groups is 2. The molecule has 0 spiro atoms. The highest BCUT2D eigenvalue weighted by Gasteiger charge is 1.89. The molecule has 0 N–H and O–H groups in total. The fourth-order valence-electron chi connectivity index (χ4n) is 1.42. The van der Waals surface area contributed by atoms with E-state index in [-0.39, 0.29) is 0 Å². The van der Waals surface area contributed by atoms with E-state index < -0.39 is 0 Å². The van der Waals surface area contributed by atoms with Crippen molar-refractivity contribution in [3.63, 3.8) is 0 Å². The van der Waals surface area contributed by atoms with Crippen LogP contribution in [0.3, 0.4) is 0 Å². The Labute approximate surface area is 140 Å². The number of isothiocyanates is 2. The minimum Gasteiger partial charge on any atom is -0.228 e. The number of hydrogen-bond acceptors (Lipinski definition) is 4. The predicted octanol–water partition coefficient (Wildman–Crippen LogP) is 5.23. The zero-order valence-corrected chi connectivity index (χ0v) is 13.6. The Morgan fingerprint density at radius 1 is 0.762 bits per heavy atom. The minimum absolute atomic E-state index is 0.584. The lowest BCUT2D eigenvalue weighted by Gasteiger charge is -1.93. The second-order valence-corrected chi connectivity index (χ2v) is 4.73. The van der Waals surface area contributed by atoms with Gasteiger partial charge in [-0.1, -0.05) is 54.1 Å². The average Bonchev–Trinajstić information content (AvgIpc) is 2.54. The van der Waals surface area contributed by atoms with E-state index in [0.717, 1.165) is 10.6 Å². The summed E-state index contributed by atoms with van der Waals surface area (Å²) in [4.78, 5) is 7.60. The van der Waals surface area contributed by atoms with Crippen LogP contribution >= 0.6 is 36.0 Å². The molecule has 106 valence electrons. The second kappa shape index (κ2) is 11.0. The van der Waals surface area contributed by atoms with Gasteiger partial charge in [-0.25, -0.2) is 9.98 Å². The Bertz CT molecular complexity index is 629. The van der Waals surface area contributed by atoms with E-state index in [1.165, 1.54) is 5.56 Å². The van der Waals surface area contributed by atoms with Crippen LogP contribution in [0.5, 0.6) is 0 Å². The molecule has 0 bridgehead atoms. The summed E-state index contributed by atoms with van der Waals surface area (Å²) >= 11 is 14.5. The Balaban J connectivity index is 0.000000211. The zero-order chi connectivity index (χ0) is 15.3. The van der Waals surface area contributed by atoms with Crippen molar-refractivity contribution in [1.29, 1.82) is 0 Å². The molecule has 0 unspecified atom stereocenters. The smallest absolute Gasteiger partial charge is 0.0743 e. The predicted molar refractivity (Wildman–Crippen MR) is 95.4 cm³/mol. The molecule has 5 heteroatoms. The van der Waals surface area contributed by atoms with Crippen LogP contribution in [-0.2, 0) is 13.1 Å². The maximum Gasteiger partial charge on any atom is 0.0743 e. The summed E-state index contributed by atoms with van der Waals surface area (Å²) in [7, 11) is 0. The van der Waals surface area contributed by atoms with Gasteiger partial charge in [-0.05, 0) is 47.7 Å². The highest BCUT2D eigenvalue weighted by molar-refractivity contribution is 7.78. The van der Waals surface area contributed by atoms with Gasteiger partial charge in [0.05, 0.1) is 23.4 Å². The van der Waals surface area contributed by atoms with Gasteiger partial charge in [0.15, 0.2) is 0 Å². The summed E-state index contributed by atoms with van der Waals surface area (Å²) in [5.41, 5.74) is 2.26. The molecule has 0 aliphatic rings. The topological polar surface area (TPSA) is 24.7 Å². The molecule has 2 rings (SSSR count). The first-order valence-corrected chi connectivity index (χ1v) is 7.31. The van der Waals surface area contributed by atoms with Crippen molar-refractivity contribution in [2.24, 2.45) is 9.98 Å². The standard InChI is InChI=1S/C8H6ClNS.C8H7NS/c9-8-3-1-7(2-4-8)5-10-6-11;10-7-9-6-8-4-2-1-3-5-8/h1-4H,5H2;1-5H,6H2. The fourth-order valence-corrected chi connectivity index (χ4v) is 1.68. The lowest BCUT2D eigenvalue weighted by Crippen LogP contribution is -1.78. The normalized spacial score (nSPS) is 8.62. The minimum atomic E-state index is 0.584. The summed E-state index contributed by atoms with van der Waals surface area (Å²) in [5.74, 6) is 0. The molecule has 2 aromatic carbocycles. The van der Waals surface area contributed by atoms with E-state index in [4.69, 9.17) is 11.6 Å². The molecule has 2 nitrogen and oxygen atoms in total. The molecular formula is C16H13ClN2S2. The molecule has 2 aromatic rings. The largest absolute Gasteiger partial charge is 0.228 e. The van der Waals surface area contributed by atoms with Crippen LogP contribution in [0.4, 0.5) is 0 Å². The van der Waals surface area contributed by atoms with Crippen molar-refractivity contribution < 1.29 is 0 Å². The van der Waals surface area contributed by atoms with E-state index in [1.807, 2.05) is 54.6 Å². The fraction of sp³-hybridized carbons (Fsp3) is 0.125. The molecule has 0 radical (unpaired) electrons. The van der Waals surface area contributed by atoms with Gasteiger partial charge in [0.25, 0.3) is 0 Å². The molecule has 0 amide bonds. The molecule has 0 saturated heterocycles. The Hall–Kier alpha value is -1.67. The molecule has 21 heavy (non-hydrogen) atoms. The molecule has 0 heterocycles. The molecule has 0 atom stereocenters. The van der Waals surface area contributed by atoms with Gasteiger partial charge in [-0.15, -0.1) is 0 Å². The van der Waals surface area contributed by atoms with Crippen molar-refractivity contribution in [1.82, 2.24) is 0 Å². The summed E-state index contributed by atoms with van der Waals surface area (Å²) in [6.45, 7) is 1.23. The van der Waals surface area contributed by atoms with Crippen LogP contribution in [0, 0.1) is 0 Å². The van der Waals surface area contributed by atoms with Gasteiger partial charge in [0.2, 0.25) is 0 Å². The second-order valence-electron chi connectivity index (χ2n) is 3.93. The number of rotatable bonds is 4. The first kappa shape index (κ1) is 17.4. The molecule has 0 aliphatic heterocycles. The number of nitrogens with zero attached hydrogens (tertiary/aromatic N) is 2. The third-order valence-electron chi connectivity index (χ3n) is 2.41. The Kier molecular flexibility index (Phi) is 9.14. The SMILES string of the molecule is S=C=NCc1ccc(Cl)cc1.S=C=NCc1ccccc1. The highest BCUT2D eigenvalue weighted by Crippen LogP contribution is 2.09. The maximum absolute atomic E-state index is 5.68. The van der Waals surface area contributed by atoms with E-state index in [1.54, 1.807) is 0 Å². The van der Waals surface area contributed by atoms with E-state index in [2.05, 4.69) is 44.7 Å². The maximum atomic E-state index is 5.68. The molecule has 0 aromatic heterocycles. The van der Waals surface area contributed by atoms with Gasteiger partial charge in [0.1, 0.15) is 0 Å². The quantitative estimate of drug-likeness (QED) is 0.565. The van der Waals surface area contributed by atoms with Crippen molar-refractivity contribution in [2.75, 3.05) is 0 Å². The summed E-state index contributed by atoms with van der Waals surface area (Å²) in [6, 6.07) is 17.4. The number of halogens is 1. The number of hydrogen-bond donors (Lipinski definition) is 0. The summed E-state index contributed by atoms with van der Waals surface area (Å²) in [6.07, 6.45) is 0. The molecular weight excluding hydrogens is 320 g/mol. The summed E-state index contributed by atoms with van der Waals surface area (Å²) in [5, 5.41) is 5.37. The van der Waals surface area contributed by atoms with Crippen LogP contribution in [0.2, 0.25) is 5.02 Å². The number of thiocarbonyl (C=S) groups is 2. The van der Waals surface area contributed by atoms with E-state index in [9.17, 15) is 0 Å². The van der Waals surface area contributed by atoms with Crippen LogP contribution in [0.15, 0.2) is 64.6 Å². The van der Waals surface area contributed by atoms with Crippen molar-refractivity contribution in [3.8, 4) is 0 Å². The summed E-state index contributed by atoms with van der Waals surface area (Å²) < 4.78 is 0. The highest BCUT2D eigenvalue weighted by atomic mass is 35.5. The van der Waals surface area contributed by atoms with Crippen molar-refractivity contribution in [2.45, 2.75) is 13.1 Å². The van der Waals surface area contributed by atoms with Crippen LogP contribution in [0.1, 0.15) is 11.1 Å². The first-order valence-electron chi connectivity index (χ1n) is 6.12. The van der Waals surface area contributed by atoms with Crippen molar-refractivity contribution in [3.05, 3.63) is 70.7 Å². The van der Waals surface area contributed by atoms with Crippen molar-refractivity contribution >= 4 is 46.4 Å². The van der Waals surface area contributed by atoms with Gasteiger partial charge < -0.3 is 0 Å². The van der Waals surface area contributed by atoms with Gasteiger partial charge in [-0.3, -0.25) is 0 Å². The van der Waals surface area contributed by atoms with E-state index >= 15 is 0 Å². The van der Waals surface area contributed by atoms with E-state index in [0.29, 0.717) is 13.1 Å². The van der Waals surface area contributed by atoms with Crippen LogP contribution in [0.25, 0.3) is 0 Å². The molecule has 0 fully saturated rings. The molecule has 0 saturated carbocycles. The monoisotopic (exact) mass is 332 g/mol. The van der Waals surface area contributed by atoms with Gasteiger partial charge in [-0.2, -0.15) is 0 Å². The van der Waals surface area contributed by atoms with Gasteiger partial charge in [0, 0.05) is 5.02 Å². The Morgan fingerprint density at radius 3 is 1.71 bits per heavy atom. The van der Waals surface area contributed by atoms with Crippen LogP contribution in [-0.4, -0.2) is 10.3 Å². The first-order chi connectivity index (χ1) is 10.3. The van der Waals surface area contributed by atoms with Crippen LogP contribution < -0.4 is 0 Å². The third kappa shape index (κ3) is 8.26. The molecule has 0 aliphatic carbocycles. The zero-order valence-electron chi connectivity index (χ0n) is 11.2.